The van der Waals surface area contributed by atoms with Crippen molar-refractivity contribution in [3.8, 4) is 0 Å². The van der Waals surface area contributed by atoms with E-state index < -0.39 is 27.8 Å². The number of carbonyl (C=O) groups is 1. The zero-order valence-electron chi connectivity index (χ0n) is 14.1. The Kier molecular flexibility index (Phi) is 6.27. The van der Waals surface area contributed by atoms with Gasteiger partial charge in [0.2, 0.25) is 5.91 Å². The first kappa shape index (κ1) is 20.7. The number of rotatable bonds is 8. The number of nitrogens with two attached hydrogens (primary N) is 1. The fraction of sp³-hybridized carbons (Fsp3) is 0.353. The fourth-order valence-corrected chi connectivity index (χ4v) is 6.23. The molecular weight excluding hydrogens is 479 g/mol. The van der Waals surface area contributed by atoms with E-state index in [-0.39, 0.29) is 21.1 Å². The van der Waals surface area contributed by atoms with Crippen LogP contribution < -0.4 is 5.73 Å². The van der Waals surface area contributed by atoms with E-state index in [0.29, 0.717) is 16.3 Å². The van der Waals surface area contributed by atoms with Gasteiger partial charge in [-0.05, 0) is 58.1 Å². The first-order valence-electron chi connectivity index (χ1n) is 8.19. The largest absolute Gasteiger partial charge is 0.368 e. The Morgan fingerprint density at radius 2 is 2.07 bits per heavy atom. The molecule has 0 saturated heterocycles. The summed E-state index contributed by atoms with van der Waals surface area (Å²) in [5.74, 6) is -0.957. The van der Waals surface area contributed by atoms with Gasteiger partial charge in [-0.15, -0.1) is 11.3 Å². The molecule has 10 heteroatoms. The van der Waals surface area contributed by atoms with E-state index in [0.717, 1.165) is 28.5 Å². The van der Waals surface area contributed by atoms with Crippen LogP contribution in [0.3, 0.4) is 0 Å². The van der Waals surface area contributed by atoms with Gasteiger partial charge in [-0.3, -0.25) is 4.79 Å². The van der Waals surface area contributed by atoms with Gasteiger partial charge in [-0.1, -0.05) is 30.5 Å². The van der Waals surface area contributed by atoms with E-state index in [1.807, 2.05) is 0 Å². The fourth-order valence-electron chi connectivity index (χ4n) is 2.78. The lowest BCUT2D eigenvalue weighted by Gasteiger charge is -2.28. The Bertz CT molecular complexity index is 963. The number of thiophene rings is 1. The maximum absolute atomic E-state index is 13.9. The summed E-state index contributed by atoms with van der Waals surface area (Å²) in [6.07, 6.45) is 2.23. The highest BCUT2D eigenvalue weighted by Gasteiger charge is 2.39. The van der Waals surface area contributed by atoms with Crippen LogP contribution in [-0.2, 0) is 21.4 Å². The van der Waals surface area contributed by atoms with Crippen LogP contribution in [0.5, 0.6) is 0 Å². The molecule has 0 radical (unpaired) electrons. The van der Waals surface area contributed by atoms with E-state index >= 15 is 0 Å². The zero-order chi connectivity index (χ0) is 19.8. The molecule has 1 aliphatic carbocycles. The average molecular weight is 496 g/mol. The van der Waals surface area contributed by atoms with Crippen molar-refractivity contribution in [3.63, 3.8) is 0 Å². The molecule has 1 aliphatic rings. The minimum atomic E-state index is -4.03. The van der Waals surface area contributed by atoms with Crippen molar-refractivity contribution in [2.45, 2.75) is 36.1 Å². The van der Waals surface area contributed by atoms with Crippen LogP contribution in [0.4, 0.5) is 4.39 Å². The smallest absolute Gasteiger partial charge is 0.253 e. The van der Waals surface area contributed by atoms with Gasteiger partial charge in [0.05, 0.1) is 8.81 Å². The van der Waals surface area contributed by atoms with Crippen LogP contribution in [0.25, 0.3) is 0 Å². The molecule has 0 bridgehead atoms. The molecule has 2 aromatic rings. The maximum atomic E-state index is 13.9. The van der Waals surface area contributed by atoms with E-state index in [9.17, 15) is 17.6 Å². The summed E-state index contributed by atoms with van der Waals surface area (Å²) in [4.78, 5) is 12.1. The number of sulfonamides is 1. The Morgan fingerprint density at radius 3 is 2.59 bits per heavy atom. The van der Waals surface area contributed by atoms with Crippen LogP contribution in [0.2, 0.25) is 4.34 Å². The van der Waals surface area contributed by atoms with Crippen LogP contribution in [0.15, 0.2) is 39.0 Å². The number of hydrogen-bond donors (Lipinski definition) is 1. The van der Waals surface area contributed by atoms with Crippen molar-refractivity contribution in [2.75, 3.05) is 0 Å². The highest BCUT2D eigenvalue weighted by atomic mass is 79.9. The van der Waals surface area contributed by atoms with Crippen LogP contribution in [0, 0.1) is 11.7 Å². The Hall–Kier alpha value is -1.000. The van der Waals surface area contributed by atoms with Crippen LogP contribution in [-0.4, -0.2) is 24.7 Å². The molecule has 1 heterocycles. The van der Waals surface area contributed by atoms with Gasteiger partial charge >= 0.3 is 0 Å². The SMILES string of the molecule is NC(=O)[C@@H](CC1CC1)N(Cc1ccc(Br)c(F)c1)S(=O)(=O)c1ccc(Cl)s1. The number of amides is 1. The number of halogens is 3. The molecule has 0 unspecified atom stereocenters. The lowest BCUT2D eigenvalue weighted by molar-refractivity contribution is -0.122. The molecule has 5 nitrogen and oxygen atoms in total. The summed E-state index contributed by atoms with van der Waals surface area (Å²) >= 11 is 9.87. The van der Waals surface area contributed by atoms with Crippen molar-refractivity contribution in [3.05, 3.63) is 50.5 Å². The van der Waals surface area contributed by atoms with Crippen LogP contribution in [0.1, 0.15) is 24.8 Å². The standard InChI is InChI=1S/C17H17BrClFN2O3S2/c18-12-4-3-11(7-13(12)20)9-22(14(17(21)23)8-10-1-2-10)27(24,25)16-6-5-15(19)26-16/h3-7,10,14H,1-2,8-9H2,(H2,21,23)/t14-/m1/s1. The lowest BCUT2D eigenvalue weighted by atomic mass is 10.1. The van der Waals surface area contributed by atoms with Gasteiger partial charge < -0.3 is 5.73 Å². The summed E-state index contributed by atoms with van der Waals surface area (Å²) in [5.41, 5.74) is 5.97. The van der Waals surface area contributed by atoms with E-state index in [4.69, 9.17) is 17.3 Å². The van der Waals surface area contributed by atoms with E-state index in [1.165, 1.54) is 24.3 Å². The maximum Gasteiger partial charge on any atom is 0.253 e. The van der Waals surface area contributed by atoms with Gasteiger partial charge in [0.15, 0.2) is 0 Å². The molecule has 1 aromatic carbocycles. The van der Waals surface area contributed by atoms with Crippen LogP contribution >= 0.6 is 38.9 Å². The third-order valence-electron chi connectivity index (χ3n) is 4.36. The van der Waals surface area contributed by atoms with Gasteiger partial charge in [0.1, 0.15) is 16.1 Å². The third-order valence-corrected chi connectivity index (χ3v) is 8.56. The predicted octanol–water partition coefficient (Wildman–Crippen LogP) is 4.15. The molecule has 0 aliphatic heterocycles. The lowest BCUT2D eigenvalue weighted by Crippen LogP contribution is -2.47. The van der Waals surface area contributed by atoms with Crippen molar-refractivity contribution >= 4 is 54.8 Å². The van der Waals surface area contributed by atoms with Gasteiger partial charge in [-0.25, -0.2) is 12.8 Å². The quantitative estimate of drug-likeness (QED) is 0.597. The molecule has 1 aromatic heterocycles. The normalized spacial score (nSPS) is 15.9. The molecule has 27 heavy (non-hydrogen) atoms. The minimum Gasteiger partial charge on any atom is -0.368 e. The molecule has 1 amide bonds. The van der Waals surface area contributed by atoms with Crippen molar-refractivity contribution in [1.29, 1.82) is 0 Å². The summed E-state index contributed by atoms with van der Waals surface area (Å²) in [7, 11) is -4.03. The Balaban J connectivity index is 2.01. The molecule has 146 valence electrons. The predicted molar refractivity (Wildman–Crippen MR) is 106 cm³/mol. The summed E-state index contributed by atoms with van der Waals surface area (Å²) in [5, 5.41) is 0. The second-order valence-electron chi connectivity index (χ2n) is 6.45. The number of benzene rings is 1. The monoisotopic (exact) mass is 494 g/mol. The third kappa shape index (κ3) is 4.89. The Morgan fingerprint density at radius 1 is 1.37 bits per heavy atom. The molecule has 2 N–H and O–H groups in total. The van der Waals surface area contributed by atoms with Gasteiger partial charge in [0.25, 0.3) is 10.0 Å². The van der Waals surface area contributed by atoms with E-state index in [2.05, 4.69) is 15.9 Å². The molecule has 0 spiro atoms. The molecule has 3 rings (SSSR count). The highest BCUT2D eigenvalue weighted by molar-refractivity contribution is 9.10. The Labute approximate surface area is 174 Å². The second-order valence-corrected chi connectivity index (χ2v) is 11.1. The van der Waals surface area contributed by atoms with Crippen molar-refractivity contribution in [1.82, 2.24) is 4.31 Å². The number of primary amides is 1. The second kappa shape index (κ2) is 8.16. The first-order chi connectivity index (χ1) is 12.7. The minimum absolute atomic E-state index is 0.0205. The number of nitrogens with zero attached hydrogens (tertiary/aromatic N) is 1. The molecule has 1 fully saturated rings. The number of carbonyl (C=O) groups excluding carboxylic acids is 1. The number of hydrogen-bond acceptors (Lipinski definition) is 4. The van der Waals surface area contributed by atoms with Crippen molar-refractivity contribution < 1.29 is 17.6 Å². The highest BCUT2D eigenvalue weighted by Crippen LogP contribution is 2.37. The molecule has 1 atom stereocenters. The average Bonchev–Trinajstić information content (AvgIpc) is 3.31. The first-order valence-corrected chi connectivity index (χ1v) is 11.6. The molecular formula is C17H17BrClFN2O3S2. The topological polar surface area (TPSA) is 80.5 Å². The molecule has 1 saturated carbocycles. The summed E-state index contributed by atoms with van der Waals surface area (Å²) < 4.78 is 42.0. The summed E-state index contributed by atoms with van der Waals surface area (Å²) in [6, 6.07) is 6.21. The van der Waals surface area contributed by atoms with Crippen molar-refractivity contribution in [2.24, 2.45) is 11.7 Å². The summed E-state index contributed by atoms with van der Waals surface area (Å²) in [6.45, 7) is -0.164. The zero-order valence-corrected chi connectivity index (χ0v) is 18.0. The van der Waals surface area contributed by atoms with Gasteiger partial charge in [0, 0.05) is 6.54 Å². The van der Waals surface area contributed by atoms with Gasteiger partial charge in [-0.2, -0.15) is 4.31 Å². The van der Waals surface area contributed by atoms with E-state index in [1.54, 1.807) is 6.07 Å².